The van der Waals surface area contributed by atoms with Crippen LogP contribution in [0.2, 0.25) is 0 Å². The van der Waals surface area contributed by atoms with Gasteiger partial charge in [0.2, 0.25) is 5.91 Å². The third-order valence-corrected chi connectivity index (χ3v) is 5.73. The van der Waals surface area contributed by atoms with Crippen molar-refractivity contribution in [2.24, 2.45) is 0 Å². The number of aryl methyl sites for hydroxylation is 2. The average Bonchev–Trinajstić information content (AvgIpc) is 3.25. The lowest BCUT2D eigenvalue weighted by Crippen LogP contribution is -2.26. The van der Waals surface area contributed by atoms with Crippen molar-refractivity contribution in [3.8, 4) is 5.69 Å². The monoisotopic (exact) mass is 436 g/mol. The molecule has 1 N–H and O–H groups in total. The van der Waals surface area contributed by atoms with E-state index in [2.05, 4.69) is 15.4 Å². The number of benzene rings is 1. The maximum Gasteiger partial charge on any atom is 0.416 e. The normalized spacial score (nSPS) is 11.9. The molecular formula is C21H23F3N4OS. The van der Waals surface area contributed by atoms with Crippen molar-refractivity contribution in [2.75, 3.05) is 0 Å². The van der Waals surface area contributed by atoms with E-state index >= 15 is 0 Å². The molecule has 0 fully saturated rings. The number of thiazole rings is 1. The van der Waals surface area contributed by atoms with Crippen LogP contribution >= 0.6 is 11.3 Å². The Bertz CT molecular complexity index is 1050. The van der Waals surface area contributed by atoms with Gasteiger partial charge in [-0.3, -0.25) is 4.79 Å². The number of aromatic nitrogens is 3. The number of amides is 1. The van der Waals surface area contributed by atoms with Gasteiger partial charge in [-0.15, -0.1) is 11.3 Å². The standard InChI is InChI=1S/C21H23F3N4OS/c1-12(2)20-26-16(11-30-20)8-19(29)25-10-15-5-6-17(9-18(15)21(22,23)24)28-14(4)7-13(3)27-28/h5-7,9,11-12H,8,10H2,1-4H3,(H,25,29). The van der Waals surface area contributed by atoms with Gasteiger partial charge in [0.15, 0.2) is 0 Å². The first-order chi connectivity index (χ1) is 14.0. The molecule has 0 saturated heterocycles. The highest BCUT2D eigenvalue weighted by Crippen LogP contribution is 2.33. The second-order valence-electron chi connectivity index (χ2n) is 7.46. The van der Waals surface area contributed by atoms with Gasteiger partial charge in [0.1, 0.15) is 0 Å². The van der Waals surface area contributed by atoms with E-state index in [1.807, 2.05) is 13.8 Å². The highest BCUT2D eigenvalue weighted by molar-refractivity contribution is 7.09. The quantitative estimate of drug-likeness (QED) is 0.595. The molecule has 0 bridgehead atoms. The molecule has 3 aromatic rings. The van der Waals surface area contributed by atoms with Crippen LogP contribution in [0.3, 0.4) is 0 Å². The second kappa shape index (κ2) is 8.59. The molecule has 30 heavy (non-hydrogen) atoms. The minimum Gasteiger partial charge on any atom is -0.352 e. The Hall–Kier alpha value is -2.68. The van der Waals surface area contributed by atoms with Gasteiger partial charge in [-0.25, -0.2) is 9.67 Å². The van der Waals surface area contributed by atoms with Crippen molar-refractivity contribution in [1.29, 1.82) is 0 Å². The van der Waals surface area contributed by atoms with Gasteiger partial charge in [0.25, 0.3) is 0 Å². The lowest BCUT2D eigenvalue weighted by atomic mass is 10.1. The lowest BCUT2D eigenvalue weighted by molar-refractivity contribution is -0.138. The van der Waals surface area contributed by atoms with Gasteiger partial charge in [0.05, 0.1) is 34.1 Å². The maximum atomic E-state index is 13.6. The predicted molar refractivity (Wildman–Crippen MR) is 110 cm³/mol. The van der Waals surface area contributed by atoms with Gasteiger partial charge in [0, 0.05) is 23.5 Å². The second-order valence-corrected chi connectivity index (χ2v) is 8.35. The minimum absolute atomic E-state index is 0.00211. The third-order valence-electron chi connectivity index (χ3n) is 4.53. The van der Waals surface area contributed by atoms with Crippen molar-refractivity contribution in [1.82, 2.24) is 20.1 Å². The van der Waals surface area contributed by atoms with Crippen LogP contribution in [0.25, 0.3) is 5.69 Å². The summed E-state index contributed by atoms with van der Waals surface area (Å²) in [7, 11) is 0. The fourth-order valence-electron chi connectivity index (χ4n) is 3.09. The van der Waals surface area contributed by atoms with Crippen molar-refractivity contribution >= 4 is 17.2 Å². The summed E-state index contributed by atoms with van der Waals surface area (Å²) in [5.74, 6) is -0.103. The highest BCUT2D eigenvalue weighted by Gasteiger charge is 2.34. The van der Waals surface area contributed by atoms with Crippen molar-refractivity contribution < 1.29 is 18.0 Å². The van der Waals surface area contributed by atoms with Crippen LogP contribution in [0.15, 0.2) is 29.6 Å². The van der Waals surface area contributed by atoms with E-state index in [1.165, 1.54) is 22.1 Å². The first-order valence-electron chi connectivity index (χ1n) is 9.49. The molecular weight excluding hydrogens is 413 g/mol. The van der Waals surface area contributed by atoms with Gasteiger partial charge in [-0.2, -0.15) is 18.3 Å². The van der Waals surface area contributed by atoms with Crippen molar-refractivity contribution in [3.63, 3.8) is 0 Å². The van der Waals surface area contributed by atoms with E-state index in [4.69, 9.17) is 0 Å². The Morgan fingerprint density at radius 3 is 2.53 bits per heavy atom. The van der Waals surface area contributed by atoms with Gasteiger partial charge in [-0.1, -0.05) is 19.9 Å². The Morgan fingerprint density at radius 2 is 1.97 bits per heavy atom. The first kappa shape index (κ1) is 22.0. The number of carbonyl (C=O) groups excluding carboxylic acids is 1. The predicted octanol–water partition coefficient (Wildman–Crippen LogP) is 4.95. The molecule has 2 aromatic heterocycles. The smallest absolute Gasteiger partial charge is 0.352 e. The molecule has 0 radical (unpaired) electrons. The summed E-state index contributed by atoms with van der Waals surface area (Å²) < 4.78 is 42.4. The molecule has 1 amide bonds. The van der Waals surface area contributed by atoms with Crippen LogP contribution in [-0.2, 0) is 23.9 Å². The van der Waals surface area contributed by atoms with E-state index in [0.717, 1.165) is 22.5 Å². The van der Waals surface area contributed by atoms with Crippen molar-refractivity contribution in [3.05, 3.63) is 62.9 Å². The molecule has 0 aliphatic heterocycles. The summed E-state index contributed by atoms with van der Waals surface area (Å²) in [4.78, 5) is 16.6. The van der Waals surface area contributed by atoms with Crippen LogP contribution in [0, 0.1) is 13.8 Å². The topological polar surface area (TPSA) is 59.8 Å². The first-order valence-corrected chi connectivity index (χ1v) is 10.4. The Labute approximate surface area is 177 Å². The number of halogens is 3. The number of rotatable bonds is 6. The third kappa shape index (κ3) is 5.08. The summed E-state index contributed by atoms with van der Waals surface area (Å²) in [5, 5.41) is 9.55. The van der Waals surface area contributed by atoms with Gasteiger partial charge >= 0.3 is 6.18 Å². The van der Waals surface area contributed by atoms with Crippen LogP contribution < -0.4 is 5.32 Å². The van der Waals surface area contributed by atoms with Crippen LogP contribution in [0.5, 0.6) is 0 Å². The van der Waals surface area contributed by atoms with E-state index in [-0.39, 0.29) is 30.4 Å². The molecule has 3 rings (SSSR count). The zero-order valence-electron chi connectivity index (χ0n) is 17.2. The number of nitrogens with one attached hydrogen (secondary N) is 1. The van der Waals surface area contributed by atoms with E-state index in [1.54, 1.807) is 31.4 Å². The fraction of sp³-hybridized carbons (Fsp3) is 0.381. The van der Waals surface area contributed by atoms with E-state index in [9.17, 15) is 18.0 Å². The van der Waals surface area contributed by atoms with Crippen molar-refractivity contribution in [2.45, 2.75) is 52.8 Å². The van der Waals surface area contributed by atoms with Crippen LogP contribution in [0.1, 0.15) is 53.0 Å². The molecule has 0 spiro atoms. The largest absolute Gasteiger partial charge is 0.416 e. The highest BCUT2D eigenvalue weighted by atomic mass is 32.1. The molecule has 0 atom stereocenters. The van der Waals surface area contributed by atoms with Crippen LogP contribution in [-0.4, -0.2) is 20.7 Å². The van der Waals surface area contributed by atoms with E-state index < -0.39 is 11.7 Å². The fourth-order valence-corrected chi connectivity index (χ4v) is 3.93. The molecule has 1 aromatic carbocycles. The lowest BCUT2D eigenvalue weighted by Gasteiger charge is -2.16. The molecule has 0 saturated carbocycles. The summed E-state index contributed by atoms with van der Waals surface area (Å²) in [6, 6.07) is 5.82. The van der Waals surface area contributed by atoms with E-state index in [0.29, 0.717) is 11.4 Å². The zero-order chi connectivity index (χ0) is 22.1. The maximum absolute atomic E-state index is 13.6. The molecule has 5 nitrogen and oxygen atoms in total. The summed E-state index contributed by atoms with van der Waals surface area (Å²) in [5.41, 5.74) is 1.63. The molecule has 2 heterocycles. The zero-order valence-corrected chi connectivity index (χ0v) is 18.0. The number of nitrogens with zero attached hydrogens (tertiary/aromatic N) is 3. The molecule has 0 unspecified atom stereocenters. The van der Waals surface area contributed by atoms with Crippen LogP contribution in [0.4, 0.5) is 13.2 Å². The Morgan fingerprint density at radius 1 is 1.23 bits per heavy atom. The van der Waals surface area contributed by atoms with Gasteiger partial charge < -0.3 is 5.32 Å². The molecule has 0 aliphatic rings. The number of hydrogen-bond donors (Lipinski definition) is 1. The van der Waals surface area contributed by atoms with Gasteiger partial charge in [-0.05, 0) is 37.6 Å². The molecule has 9 heteroatoms. The molecule has 160 valence electrons. The molecule has 0 aliphatic carbocycles. The minimum atomic E-state index is -4.55. The Balaban J connectivity index is 1.76. The summed E-state index contributed by atoms with van der Waals surface area (Å²) >= 11 is 1.47. The summed E-state index contributed by atoms with van der Waals surface area (Å²) in [6.07, 6.45) is -4.51. The average molecular weight is 437 g/mol. The number of hydrogen-bond acceptors (Lipinski definition) is 4. The SMILES string of the molecule is Cc1cc(C)n(-c2ccc(CNC(=O)Cc3csc(C(C)C)n3)c(C(F)(F)F)c2)n1. The Kier molecular flexibility index (Phi) is 6.30. The summed E-state index contributed by atoms with van der Waals surface area (Å²) in [6.45, 7) is 7.37. The number of alkyl halides is 3. The number of carbonyl (C=O) groups is 1.